The zero-order chi connectivity index (χ0) is 16.7. The zero-order valence-corrected chi connectivity index (χ0v) is 13.7. The van der Waals surface area contributed by atoms with Crippen LogP contribution < -0.4 is 5.32 Å². The molecule has 3 aromatic rings. The lowest BCUT2D eigenvalue weighted by molar-refractivity contribution is 0.0949. The first-order valence-corrected chi connectivity index (χ1v) is 8.26. The van der Waals surface area contributed by atoms with Crippen molar-refractivity contribution in [3.8, 4) is 0 Å². The Balaban J connectivity index is 1.53. The Hall–Kier alpha value is -2.33. The van der Waals surface area contributed by atoms with Gasteiger partial charge in [0.05, 0.1) is 0 Å². The molecule has 1 aliphatic rings. The van der Waals surface area contributed by atoms with Gasteiger partial charge < -0.3 is 10.3 Å². The van der Waals surface area contributed by atoms with Crippen LogP contribution in [0.25, 0.3) is 10.9 Å². The largest absolute Gasteiger partial charge is 0.361 e. The predicted molar refractivity (Wildman–Crippen MR) is 93.0 cm³/mol. The van der Waals surface area contributed by atoms with Gasteiger partial charge in [0.25, 0.3) is 5.91 Å². The van der Waals surface area contributed by atoms with Crippen LogP contribution in [-0.2, 0) is 5.41 Å². The molecule has 0 saturated heterocycles. The Morgan fingerprint density at radius 3 is 2.67 bits per heavy atom. The molecule has 1 fully saturated rings. The fourth-order valence-electron chi connectivity index (χ4n) is 3.18. The number of fused-ring (bicyclic) bond motifs is 1. The van der Waals surface area contributed by atoms with Gasteiger partial charge in [0.1, 0.15) is 5.82 Å². The molecule has 1 saturated carbocycles. The monoisotopic (exact) mass is 342 g/mol. The van der Waals surface area contributed by atoms with Crippen molar-refractivity contribution >= 4 is 28.4 Å². The average Bonchev–Trinajstić information content (AvgIpc) is 3.25. The first-order chi connectivity index (χ1) is 11.6. The van der Waals surface area contributed by atoms with Crippen LogP contribution in [-0.4, -0.2) is 17.4 Å². The van der Waals surface area contributed by atoms with Gasteiger partial charge in [0, 0.05) is 39.6 Å². The smallest absolute Gasteiger partial charge is 0.251 e. The maximum Gasteiger partial charge on any atom is 0.251 e. The summed E-state index contributed by atoms with van der Waals surface area (Å²) < 4.78 is 13.3. The molecule has 5 heteroatoms. The SMILES string of the molecule is O=C(NCC1(c2c[nH]c3cc(F)ccc23)CC1)c1ccc(Cl)cc1. The van der Waals surface area contributed by atoms with Gasteiger partial charge in [0.15, 0.2) is 0 Å². The van der Waals surface area contributed by atoms with Crippen molar-refractivity contribution in [2.45, 2.75) is 18.3 Å². The van der Waals surface area contributed by atoms with E-state index in [0.29, 0.717) is 17.1 Å². The minimum Gasteiger partial charge on any atom is -0.361 e. The van der Waals surface area contributed by atoms with Crippen LogP contribution in [0.5, 0.6) is 0 Å². The van der Waals surface area contributed by atoms with Gasteiger partial charge in [-0.25, -0.2) is 4.39 Å². The van der Waals surface area contributed by atoms with Crippen LogP contribution in [0.1, 0.15) is 28.8 Å². The molecule has 2 N–H and O–H groups in total. The van der Waals surface area contributed by atoms with E-state index in [1.807, 2.05) is 6.20 Å². The number of aromatic amines is 1. The standard InChI is InChI=1S/C19H16ClFN2O/c20-13-3-1-12(2-4-13)18(24)23-11-19(7-8-19)16-10-22-17-9-14(21)5-6-15(16)17/h1-6,9-10,22H,7-8,11H2,(H,23,24). The third kappa shape index (κ3) is 2.67. The lowest BCUT2D eigenvalue weighted by Gasteiger charge is -2.16. The molecule has 3 nitrogen and oxygen atoms in total. The fraction of sp³-hybridized carbons (Fsp3) is 0.211. The van der Waals surface area contributed by atoms with Gasteiger partial charge in [-0.2, -0.15) is 0 Å². The van der Waals surface area contributed by atoms with E-state index in [4.69, 9.17) is 11.6 Å². The average molecular weight is 343 g/mol. The fourth-order valence-corrected chi connectivity index (χ4v) is 3.31. The minimum atomic E-state index is -0.253. The van der Waals surface area contributed by atoms with E-state index >= 15 is 0 Å². The van der Waals surface area contributed by atoms with Gasteiger partial charge in [0.2, 0.25) is 0 Å². The van der Waals surface area contributed by atoms with E-state index in [0.717, 1.165) is 29.3 Å². The Morgan fingerprint density at radius 1 is 1.21 bits per heavy atom. The summed E-state index contributed by atoms with van der Waals surface area (Å²) in [6.07, 6.45) is 3.96. The first kappa shape index (κ1) is 15.2. The molecule has 1 amide bonds. The summed E-state index contributed by atoms with van der Waals surface area (Å²) in [5.74, 6) is -0.361. The van der Waals surface area contributed by atoms with Gasteiger partial charge in [-0.3, -0.25) is 4.79 Å². The molecule has 2 aromatic carbocycles. The van der Waals surface area contributed by atoms with Crippen molar-refractivity contribution in [2.24, 2.45) is 0 Å². The first-order valence-electron chi connectivity index (χ1n) is 7.88. The molecule has 0 aliphatic heterocycles. The Labute approximate surface area is 143 Å². The number of rotatable bonds is 4. The molecule has 0 bridgehead atoms. The third-order valence-electron chi connectivity index (χ3n) is 4.76. The summed E-state index contributed by atoms with van der Waals surface area (Å²) in [7, 11) is 0. The van der Waals surface area contributed by atoms with Crippen LogP contribution >= 0.6 is 11.6 Å². The van der Waals surface area contributed by atoms with Crippen molar-refractivity contribution in [1.82, 2.24) is 10.3 Å². The van der Waals surface area contributed by atoms with Gasteiger partial charge in [-0.05, 0) is 60.9 Å². The summed E-state index contributed by atoms with van der Waals surface area (Å²) in [4.78, 5) is 15.4. The summed E-state index contributed by atoms with van der Waals surface area (Å²) in [6.45, 7) is 0.568. The molecule has 0 radical (unpaired) electrons. The molecule has 122 valence electrons. The topological polar surface area (TPSA) is 44.9 Å². The number of hydrogen-bond acceptors (Lipinski definition) is 1. The van der Waals surface area contributed by atoms with Crippen LogP contribution in [0.15, 0.2) is 48.7 Å². The Bertz CT molecular complexity index is 913. The highest BCUT2D eigenvalue weighted by Crippen LogP contribution is 2.50. The number of aromatic nitrogens is 1. The van der Waals surface area contributed by atoms with E-state index in [1.165, 1.54) is 12.1 Å². The second kappa shape index (κ2) is 5.64. The van der Waals surface area contributed by atoms with E-state index in [1.54, 1.807) is 30.3 Å². The molecule has 24 heavy (non-hydrogen) atoms. The minimum absolute atomic E-state index is 0.0574. The summed E-state index contributed by atoms with van der Waals surface area (Å²) >= 11 is 5.85. The van der Waals surface area contributed by atoms with Crippen molar-refractivity contribution in [3.63, 3.8) is 0 Å². The van der Waals surface area contributed by atoms with Crippen LogP contribution in [0, 0.1) is 5.82 Å². The van der Waals surface area contributed by atoms with Crippen LogP contribution in [0.4, 0.5) is 4.39 Å². The number of H-pyrrole nitrogens is 1. The van der Waals surface area contributed by atoms with Gasteiger partial charge in [-0.1, -0.05) is 11.6 Å². The maximum absolute atomic E-state index is 13.3. The van der Waals surface area contributed by atoms with E-state index < -0.39 is 0 Å². The number of benzene rings is 2. The van der Waals surface area contributed by atoms with Crippen LogP contribution in [0.2, 0.25) is 5.02 Å². The third-order valence-corrected chi connectivity index (χ3v) is 5.01. The van der Waals surface area contributed by atoms with Crippen molar-refractivity contribution in [3.05, 3.63) is 70.6 Å². The number of halogens is 2. The second-order valence-electron chi connectivity index (χ2n) is 6.36. The molecule has 0 unspecified atom stereocenters. The highest BCUT2D eigenvalue weighted by atomic mass is 35.5. The Kier molecular flexibility index (Phi) is 3.57. The number of nitrogens with one attached hydrogen (secondary N) is 2. The normalized spacial score (nSPS) is 15.4. The molecule has 1 aliphatic carbocycles. The van der Waals surface area contributed by atoms with Crippen molar-refractivity contribution in [1.29, 1.82) is 0 Å². The molecule has 4 rings (SSSR count). The predicted octanol–water partition coefficient (Wildman–Crippen LogP) is 4.42. The van der Waals surface area contributed by atoms with E-state index in [2.05, 4.69) is 10.3 Å². The molecule has 1 aromatic heterocycles. The molecule has 1 heterocycles. The van der Waals surface area contributed by atoms with E-state index in [9.17, 15) is 9.18 Å². The zero-order valence-electron chi connectivity index (χ0n) is 12.9. The number of amides is 1. The molecule has 0 spiro atoms. The highest BCUT2D eigenvalue weighted by Gasteiger charge is 2.45. The molecular formula is C19H16ClFN2O. The molecule has 0 atom stereocenters. The Morgan fingerprint density at radius 2 is 1.96 bits per heavy atom. The van der Waals surface area contributed by atoms with Crippen molar-refractivity contribution < 1.29 is 9.18 Å². The van der Waals surface area contributed by atoms with Gasteiger partial charge in [-0.15, -0.1) is 0 Å². The highest BCUT2D eigenvalue weighted by molar-refractivity contribution is 6.30. The summed E-state index contributed by atoms with van der Waals surface area (Å²) in [6, 6.07) is 11.6. The number of hydrogen-bond donors (Lipinski definition) is 2. The summed E-state index contributed by atoms with van der Waals surface area (Å²) in [5, 5.41) is 4.65. The van der Waals surface area contributed by atoms with Crippen LogP contribution in [0.3, 0.4) is 0 Å². The second-order valence-corrected chi connectivity index (χ2v) is 6.80. The van der Waals surface area contributed by atoms with Crippen molar-refractivity contribution in [2.75, 3.05) is 6.54 Å². The lowest BCUT2D eigenvalue weighted by Crippen LogP contribution is -2.32. The molecular weight excluding hydrogens is 327 g/mol. The van der Waals surface area contributed by atoms with E-state index in [-0.39, 0.29) is 17.1 Å². The lowest BCUT2D eigenvalue weighted by atomic mass is 9.95. The maximum atomic E-state index is 13.3. The quantitative estimate of drug-likeness (QED) is 0.724. The summed E-state index contributed by atoms with van der Waals surface area (Å²) in [5.41, 5.74) is 2.48. The number of carbonyl (C=O) groups is 1. The van der Waals surface area contributed by atoms with Gasteiger partial charge >= 0.3 is 0 Å². The number of carbonyl (C=O) groups excluding carboxylic acids is 1.